The van der Waals surface area contributed by atoms with Crippen LogP contribution in [0.25, 0.3) is 0 Å². The van der Waals surface area contributed by atoms with Crippen molar-refractivity contribution in [2.24, 2.45) is 5.92 Å². The molecule has 0 saturated carbocycles. The van der Waals surface area contributed by atoms with E-state index in [1.165, 1.54) is 0 Å². The van der Waals surface area contributed by atoms with Crippen molar-refractivity contribution in [2.75, 3.05) is 23.9 Å². The normalized spacial score (nSPS) is 16.8. The van der Waals surface area contributed by atoms with E-state index >= 15 is 0 Å². The number of hydrogen-bond donors (Lipinski definition) is 3. The van der Waals surface area contributed by atoms with Gasteiger partial charge in [-0.3, -0.25) is 14.3 Å². The number of aliphatic hydroxyl groups excluding tert-OH is 1. The summed E-state index contributed by atoms with van der Waals surface area (Å²) in [6.45, 7) is 2.68. The molecule has 2 atom stereocenters. The lowest BCUT2D eigenvalue weighted by molar-refractivity contribution is -0.139. The third-order valence-corrected chi connectivity index (χ3v) is 8.19. The Morgan fingerprint density at radius 2 is 1.89 bits per heavy atom. The molecule has 3 N–H and O–H groups in total. The van der Waals surface area contributed by atoms with Crippen LogP contribution in [0, 0.1) is 5.92 Å². The molecule has 0 bridgehead atoms. The van der Waals surface area contributed by atoms with E-state index in [1.54, 1.807) is 65.4 Å². The summed E-state index contributed by atoms with van der Waals surface area (Å²) in [7, 11) is 1.57. The topological polar surface area (TPSA) is 130 Å². The van der Waals surface area contributed by atoms with Gasteiger partial charge in [0.25, 0.3) is 11.8 Å². The summed E-state index contributed by atoms with van der Waals surface area (Å²) in [5.74, 6) is -0.478. The summed E-state index contributed by atoms with van der Waals surface area (Å²) in [5, 5.41) is 32.0. The number of carbonyl (C=O) groups excluding carboxylic acids is 2. The van der Waals surface area contributed by atoms with Crippen LogP contribution < -0.4 is 15.0 Å². The monoisotopic (exact) mass is 659 g/mol. The first-order valence-electron chi connectivity index (χ1n) is 14.3. The molecule has 1 aliphatic rings. The molecule has 0 aliphatic carbocycles. The van der Waals surface area contributed by atoms with Crippen molar-refractivity contribution < 1.29 is 24.5 Å². The summed E-state index contributed by atoms with van der Waals surface area (Å²) in [6.07, 6.45) is 6.68. The van der Waals surface area contributed by atoms with Gasteiger partial charge in [0, 0.05) is 53.0 Å². The Morgan fingerprint density at radius 1 is 1.14 bits per heavy atom. The van der Waals surface area contributed by atoms with Crippen LogP contribution in [0.1, 0.15) is 40.5 Å². The molecule has 10 nitrogen and oxygen atoms in total. The van der Waals surface area contributed by atoms with Crippen LogP contribution in [0.15, 0.2) is 89.6 Å². The second-order valence-corrected chi connectivity index (χ2v) is 11.6. The van der Waals surface area contributed by atoms with E-state index in [0.717, 1.165) is 15.7 Å². The Hall–Kier alpha value is -4.32. The van der Waals surface area contributed by atoms with Crippen LogP contribution in [0.3, 0.4) is 0 Å². The van der Waals surface area contributed by atoms with E-state index in [4.69, 9.17) is 9.84 Å². The molecule has 4 aromatic rings. The maximum absolute atomic E-state index is 13.9. The Balaban J connectivity index is 1.27. The predicted octanol–water partition coefficient (Wildman–Crippen LogP) is 4.85. The zero-order valence-corrected chi connectivity index (χ0v) is 26.1. The van der Waals surface area contributed by atoms with Crippen LogP contribution in [-0.4, -0.2) is 50.7 Å². The number of benzene rings is 3. The number of amides is 2. The van der Waals surface area contributed by atoms with E-state index in [0.29, 0.717) is 47.6 Å². The van der Waals surface area contributed by atoms with E-state index in [1.807, 2.05) is 43.3 Å². The number of rotatable bonds is 12. The fourth-order valence-electron chi connectivity index (χ4n) is 5.22. The SMILES string of the molecule is COc1ccc(C(=O)Nc2ccc(CN3C(=O)[C@](O)([C@H](C)/C=C/CCn4cc(CCO)nn4)c4cc(Br)ccc43)cc2)cc1. The molecule has 0 saturated heterocycles. The first-order chi connectivity index (χ1) is 21.2. The van der Waals surface area contributed by atoms with Crippen LogP contribution in [0.5, 0.6) is 5.75 Å². The van der Waals surface area contributed by atoms with Crippen molar-refractivity contribution in [3.05, 3.63) is 112 Å². The number of halogens is 1. The molecular weight excluding hydrogens is 626 g/mol. The summed E-state index contributed by atoms with van der Waals surface area (Å²) in [5.41, 5.74) is 2.15. The van der Waals surface area contributed by atoms with Crippen molar-refractivity contribution in [3.8, 4) is 5.75 Å². The predicted molar refractivity (Wildman–Crippen MR) is 170 cm³/mol. The Labute approximate surface area is 264 Å². The second kappa shape index (κ2) is 13.5. The number of ether oxygens (including phenoxy) is 1. The molecule has 0 spiro atoms. The van der Waals surface area contributed by atoms with Gasteiger partial charge < -0.3 is 25.2 Å². The molecule has 228 valence electrons. The minimum absolute atomic E-state index is 0.0201. The molecule has 2 amide bonds. The lowest BCUT2D eigenvalue weighted by atomic mass is 9.83. The van der Waals surface area contributed by atoms with Crippen molar-refractivity contribution in [3.63, 3.8) is 0 Å². The number of anilines is 2. The molecule has 5 rings (SSSR count). The average Bonchev–Trinajstić information content (AvgIpc) is 3.56. The van der Waals surface area contributed by atoms with Gasteiger partial charge in [-0.05, 0) is 66.6 Å². The van der Waals surface area contributed by atoms with Gasteiger partial charge in [0.2, 0.25) is 0 Å². The van der Waals surface area contributed by atoms with Crippen LogP contribution in [0.4, 0.5) is 11.4 Å². The van der Waals surface area contributed by atoms with Crippen molar-refractivity contribution in [2.45, 2.75) is 38.5 Å². The summed E-state index contributed by atoms with van der Waals surface area (Å²) in [4.78, 5) is 28.2. The van der Waals surface area contributed by atoms with Gasteiger partial charge in [0.1, 0.15) is 5.75 Å². The minimum Gasteiger partial charge on any atom is -0.497 e. The first kappa shape index (κ1) is 31.1. The minimum atomic E-state index is -1.75. The largest absolute Gasteiger partial charge is 0.497 e. The highest BCUT2D eigenvalue weighted by Crippen LogP contribution is 2.46. The Morgan fingerprint density at radius 3 is 2.59 bits per heavy atom. The highest BCUT2D eigenvalue weighted by atomic mass is 79.9. The highest BCUT2D eigenvalue weighted by Gasteiger charge is 2.52. The molecule has 3 aromatic carbocycles. The van der Waals surface area contributed by atoms with Crippen LogP contribution >= 0.6 is 15.9 Å². The number of aliphatic hydroxyl groups is 2. The molecule has 1 aliphatic heterocycles. The van der Waals surface area contributed by atoms with Gasteiger partial charge in [-0.25, -0.2) is 0 Å². The smallest absolute Gasteiger partial charge is 0.264 e. The number of hydrogen-bond acceptors (Lipinski definition) is 7. The molecule has 0 unspecified atom stereocenters. The zero-order chi connectivity index (χ0) is 31.3. The Bertz CT molecular complexity index is 1650. The summed E-state index contributed by atoms with van der Waals surface area (Å²) >= 11 is 3.50. The number of nitrogens with zero attached hydrogens (tertiary/aromatic N) is 4. The van der Waals surface area contributed by atoms with Gasteiger partial charge in [-0.2, -0.15) is 0 Å². The van der Waals surface area contributed by atoms with E-state index < -0.39 is 17.4 Å². The molecular formula is C33H34BrN5O5. The Kier molecular flexibility index (Phi) is 9.58. The van der Waals surface area contributed by atoms with Gasteiger partial charge in [-0.15, -0.1) is 5.10 Å². The third kappa shape index (κ3) is 6.59. The average molecular weight is 661 g/mol. The highest BCUT2D eigenvalue weighted by molar-refractivity contribution is 9.10. The van der Waals surface area contributed by atoms with E-state index in [-0.39, 0.29) is 19.1 Å². The summed E-state index contributed by atoms with van der Waals surface area (Å²) < 4.78 is 7.62. The van der Waals surface area contributed by atoms with Gasteiger partial charge in [0.05, 0.1) is 25.0 Å². The standard InChI is InChI=1S/C33H34BrN5O5/c1-22(5-3-4-17-38-21-27(16-18-40)36-37-38)33(43)29-19-25(34)10-15-30(29)39(32(33)42)20-23-6-11-26(12-7-23)35-31(41)24-8-13-28(44-2)14-9-24/h3,5-15,19,21-22,40,43H,4,16-18,20H2,1-2H3,(H,35,41)/b5-3+/t22-,33+/m1/s1. The number of carbonyl (C=O) groups is 2. The molecule has 0 fully saturated rings. The van der Waals surface area contributed by atoms with E-state index in [9.17, 15) is 14.7 Å². The number of allylic oxidation sites excluding steroid dienone is 1. The maximum Gasteiger partial charge on any atom is 0.264 e. The second-order valence-electron chi connectivity index (χ2n) is 10.7. The third-order valence-electron chi connectivity index (χ3n) is 7.70. The van der Waals surface area contributed by atoms with E-state index in [2.05, 4.69) is 31.6 Å². The number of fused-ring (bicyclic) bond motifs is 1. The van der Waals surface area contributed by atoms with Crippen molar-refractivity contribution in [1.82, 2.24) is 15.0 Å². The zero-order valence-electron chi connectivity index (χ0n) is 24.5. The van der Waals surface area contributed by atoms with Crippen LogP contribution in [-0.2, 0) is 29.9 Å². The number of aromatic nitrogens is 3. The molecule has 0 radical (unpaired) electrons. The fraction of sp³-hybridized carbons (Fsp3) is 0.273. The van der Waals surface area contributed by atoms with Crippen LogP contribution in [0.2, 0.25) is 0 Å². The maximum atomic E-state index is 13.9. The number of nitrogens with one attached hydrogen (secondary N) is 1. The first-order valence-corrected chi connectivity index (χ1v) is 15.1. The molecule has 44 heavy (non-hydrogen) atoms. The lowest BCUT2D eigenvalue weighted by Crippen LogP contribution is -2.44. The molecule has 1 aromatic heterocycles. The van der Waals surface area contributed by atoms with Gasteiger partial charge in [0.15, 0.2) is 5.60 Å². The van der Waals surface area contributed by atoms with Crippen molar-refractivity contribution in [1.29, 1.82) is 0 Å². The van der Waals surface area contributed by atoms with Crippen molar-refractivity contribution >= 4 is 39.1 Å². The summed E-state index contributed by atoms with van der Waals surface area (Å²) in [6, 6.07) is 19.6. The fourth-order valence-corrected chi connectivity index (χ4v) is 5.58. The lowest BCUT2D eigenvalue weighted by Gasteiger charge is -2.27. The number of methoxy groups -OCH3 is 1. The quantitative estimate of drug-likeness (QED) is 0.185. The number of aryl methyl sites for hydroxylation is 1. The molecule has 2 heterocycles. The van der Waals surface area contributed by atoms with Gasteiger partial charge in [-0.1, -0.05) is 52.4 Å². The van der Waals surface area contributed by atoms with Gasteiger partial charge >= 0.3 is 0 Å². The molecule has 11 heteroatoms.